The average molecular weight is 304 g/mol. The third-order valence-electron chi connectivity index (χ3n) is 3.15. The van der Waals surface area contributed by atoms with E-state index in [1.165, 1.54) is 0 Å². The average Bonchev–Trinajstić information content (AvgIpc) is 2.95. The van der Waals surface area contributed by atoms with Crippen LogP contribution in [0.4, 0.5) is 0 Å². The van der Waals surface area contributed by atoms with Crippen molar-refractivity contribution in [2.45, 2.75) is 19.8 Å². The predicted octanol–water partition coefficient (Wildman–Crippen LogP) is 0.863. The van der Waals surface area contributed by atoms with Crippen LogP contribution in [0.5, 0.6) is 0 Å². The van der Waals surface area contributed by atoms with Crippen molar-refractivity contribution in [3.05, 3.63) is 30.2 Å². The Kier molecular flexibility index (Phi) is 6.63. The summed E-state index contributed by atoms with van der Waals surface area (Å²) in [7, 11) is 1.70. The summed E-state index contributed by atoms with van der Waals surface area (Å²) in [6.07, 6.45) is 3.68. The van der Waals surface area contributed by atoms with Crippen LogP contribution in [0, 0.1) is 0 Å². The Hall–Kier alpha value is -2.15. The number of ether oxygens (including phenoxy) is 1. The number of hydrogen-bond acceptors (Lipinski definition) is 4. The largest absolute Gasteiger partial charge is 0.385 e. The van der Waals surface area contributed by atoms with Crippen LogP contribution in [0.15, 0.2) is 29.4 Å². The van der Waals surface area contributed by atoms with Crippen LogP contribution in [-0.4, -0.2) is 53.9 Å². The van der Waals surface area contributed by atoms with Crippen LogP contribution < -0.4 is 10.6 Å². The van der Waals surface area contributed by atoms with E-state index in [-0.39, 0.29) is 0 Å². The van der Waals surface area contributed by atoms with E-state index in [2.05, 4.69) is 32.7 Å². The van der Waals surface area contributed by atoms with Gasteiger partial charge in [0.05, 0.1) is 0 Å². The molecule has 7 heteroatoms. The topological polar surface area (TPSA) is 75.8 Å². The number of aromatic nitrogens is 3. The Morgan fingerprint density at radius 3 is 3.05 bits per heavy atom. The molecule has 0 fully saturated rings. The molecule has 120 valence electrons. The van der Waals surface area contributed by atoms with Gasteiger partial charge in [-0.05, 0) is 25.5 Å². The highest BCUT2D eigenvalue weighted by atomic mass is 16.5. The van der Waals surface area contributed by atoms with Crippen LogP contribution in [0.3, 0.4) is 0 Å². The molecule has 0 aliphatic heterocycles. The summed E-state index contributed by atoms with van der Waals surface area (Å²) in [6, 6.07) is 5.89. The smallest absolute Gasteiger partial charge is 0.191 e. The minimum atomic E-state index is 0.731. The van der Waals surface area contributed by atoms with E-state index in [4.69, 9.17) is 4.74 Å². The minimum Gasteiger partial charge on any atom is -0.385 e. The van der Waals surface area contributed by atoms with Gasteiger partial charge >= 0.3 is 0 Å². The van der Waals surface area contributed by atoms with Gasteiger partial charge in [-0.3, -0.25) is 9.39 Å². The van der Waals surface area contributed by atoms with Crippen molar-refractivity contribution in [1.82, 2.24) is 25.2 Å². The number of fused-ring (bicyclic) bond motifs is 1. The van der Waals surface area contributed by atoms with Gasteiger partial charge in [0.1, 0.15) is 5.82 Å². The maximum absolute atomic E-state index is 5.03. The molecule has 7 nitrogen and oxygen atoms in total. The molecule has 0 unspecified atom stereocenters. The van der Waals surface area contributed by atoms with E-state index in [1.54, 1.807) is 7.11 Å². The molecule has 2 rings (SSSR count). The Balaban J connectivity index is 1.84. The van der Waals surface area contributed by atoms with Gasteiger partial charge in [0, 0.05) is 46.0 Å². The lowest BCUT2D eigenvalue weighted by Gasteiger charge is -2.10. The van der Waals surface area contributed by atoms with Gasteiger partial charge in [-0.25, -0.2) is 0 Å². The molecule has 0 aromatic carbocycles. The van der Waals surface area contributed by atoms with Crippen LogP contribution in [0.1, 0.15) is 19.2 Å². The Morgan fingerprint density at radius 1 is 1.32 bits per heavy atom. The predicted molar refractivity (Wildman–Crippen MR) is 87.2 cm³/mol. The molecule has 2 N–H and O–H groups in total. The second kappa shape index (κ2) is 8.99. The number of methoxy groups -OCH3 is 1. The summed E-state index contributed by atoms with van der Waals surface area (Å²) < 4.78 is 7.03. The summed E-state index contributed by atoms with van der Waals surface area (Å²) >= 11 is 0. The first-order valence-electron chi connectivity index (χ1n) is 7.65. The summed E-state index contributed by atoms with van der Waals surface area (Å²) in [5.74, 6) is 1.77. The third-order valence-corrected chi connectivity index (χ3v) is 3.15. The van der Waals surface area contributed by atoms with Gasteiger partial charge in [0.2, 0.25) is 0 Å². The highest BCUT2D eigenvalue weighted by molar-refractivity contribution is 5.79. The second-order valence-electron chi connectivity index (χ2n) is 4.83. The van der Waals surface area contributed by atoms with Gasteiger partial charge in [-0.1, -0.05) is 6.07 Å². The second-order valence-corrected chi connectivity index (χ2v) is 4.83. The summed E-state index contributed by atoms with van der Waals surface area (Å²) in [6.45, 7) is 5.12. The van der Waals surface area contributed by atoms with Crippen molar-refractivity contribution in [3.8, 4) is 0 Å². The van der Waals surface area contributed by atoms with E-state index < -0.39 is 0 Å². The highest BCUT2D eigenvalue weighted by Crippen LogP contribution is 2.02. The molecule has 0 saturated heterocycles. The summed E-state index contributed by atoms with van der Waals surface area (Å²) in [4.78, 5) is 4.50. The fraction of sp³-hybridized carbons (Fsp3) is 0.533. The minimum absolute atomic E-state index is 0.731. The fourth-order valence-corrected chi connectivity index (χ4v) is 2.10. The SMILES string of the molecule is CCNC(=NCCCOC)NCCc1nnc2ccccn12. The van der Waals surface area contributed by atoms with Gasteiger partial charge in [-0.2, -0.15) is 0 Å². The molecule has 0 amide bonds. The van der Waals surface area contributed by atoms with E-state index in [1.807, 2.05) is 28.8 Å². The number of hydrogen-bond donors (Lipinski definition) is 2. The Bertz CT molecular complexity index is 594. The van der Waals surface area contributed by atoms with E-state index in [0.29, 0.717) is 0 Å². The number of aliphatic imine (C=N–C) groups is 1. The molecular formula is C15H24N6O. The van der Waals surface area contributed by atoms with Crippen molar-refractivity contribution in [2.75, 3.05) is 33.4 Å². The zero-order chi connectivity index (χ0) is 15.6. The summed E-state index contributed by atoms with van der Waals surface area (Å²) in [5, 5.41) is 14.9. The molecule has 2 aromatic heterocycles. The molecule has 0 atom stereocenters. The normalized spacial score (nSPS) is 11.8. The van der Waals surface area contributed by atoms with E-state index in [0.717, 1.165) is 56.5 Å². The van der Waals surface area contributed by atoms with Gasteiger partial charge < -0.3 is 15.4 Å². The number of guanidine groups is 1. The van der Waals surface area contributed by atoms with Crippen molar-refractivity contribution in [1.29, 1.82) is 0 Å². The van der Waals surface area contributed by atoms with Gasteiger partial charge in [0.15, 0.2) is 11.6 Å². The van der Waals surface area contributed by atoms with E-state index >= 15 is 0 Å². The molecule has 0 saturated carbocycles. The molecule has 0 bridgehead atoms. The number of pyridine rings is 1. The number of nitrogens with one attached hydrogen (secondary N) is 2. The summed E-state index contributed by atoms with van der Waals surface area (Å²) in [5.41, 5.74) is 0.873. The lowest BCUT2D eigenvalue weighted by Crippen LogP contribution is -2.38. The van der Waals surface area contributed by atoms with Crippen LogP contribution in [0.2, 0.25) is 0 Å². The zero-order valence-corrected chi connectivity index (χ0v) is 13.2. The molecule has 2 heterocycles. The Labute approximate surface area is 130 Å². The zero-order valence-electron chi connectivity index (χ0n) is 13.2. The standard InChI is InChI=1S/C15H24N6O/c1-3-16-15(17-9-6-12-22-2)18-10-8-14-20-19-13-7-4-5-11-21(13)14/h4-5,7,11H,3,6,8-10,12H2,1-2H3,(H2,16,17,18). The van der Waals surface area contributed by atoms with Crippen molar-refractivity contribution >= 4 is 11.6 Å². The van der Waals surface area contributed by atoms with E-state index in [9.17, 15) is 0 Å². The fourth-order valence-electron chi connectivity index (χ4n) is 2.10. The first-order valence-corrected chi connectivity index (χ1v) is 7.65. The molecule has 0 spiro atoms. The molecular weight excluding hydrogens is 280 g/mol. The number of nitrogens with zero attached hydrogens (tertiary/aromatic N) is 4. The van der Waals surface area contributed by atoms with Crippen LogP contribution in [-0.2, 0) is 11.2 Å². The lowest BCUT2D eigenvalue weighted by atomic mass is 10.4. The van der Waals surface area contributed by atoms with Gasteiger partial charge in [-0.15, -0.1) is 10.2 Å². The first kappa shape index (κ1) is 16.2. The van der Waals surface area contributed by atoms with Crippen LogP contribution >= 0.6 is 0 Å². The molecule has 0 radical (unpaired) electrons. The monoisotopic (exact) mass is 304 g/mol. The molecule has 0 aliphatic rings. The van der Waals surface area contributed by atoms with Crippen LogP contribution in [0.25, 0.3) is 5.65 Å². The van der Waals surface area contributed by atoms with Crippen molar-refractivity contribution in [3.63, 3.8) is 0 Å². The van der Waals surface area contributed by atoms with Crippen molar-refractivity contribution in [2.24, 2.45) is 4.99 Å². The first-order chi connectivity index (χ1) is 10.8. The molecule has 0 aliphatic carbocycles. The molecule has 22 heavy (non-hydrogen) atoms. The highest BCUT2D eigenvalue weighted by Gasteiger charge is 2.04. The number of rotatable bonds is 8. The Morgan fingerprint density at radius 2 is 2.23 bits per heavy atom. The third kappa shape index (κ3) is 4.70. The van der Waals surface area contributed by atoms with Crippen molar-refractivity contribution < 1.29 is 4.74 Å². The maximum atomic E-state index is 5.03. The quantitative estimate of drug-likeness (QED) is 0.430. The van der Waals surface area contributed by atoms with Gasteiger partial charge in [0.25, 0.3) is 0 Å². The maximum Gasteiger partial charge on any atom is 0.191 e. The lowest BCUT2D eigenvalue weighted by molar-refractivity contribution is 0.197. The molecule has 2 aromatic rings.